The third kappa shape index (κ3) is 2.00. The van der Waals surface area contributed by atoms with E-state index in [1.54, 1.807) is 0 Å². The highest BCUT2D eigenvalue weighted by atomic mass is 15.8. The predicted octanol–water partition coefficient (Wildman–Crippen LogP) is 1.32. The molecule has 1 heterocycles. The Bertz CT molecular complexity index is 294. The zero-order valence-electron chi connectivity index (χ0n) is 7.64. The Morgan fingerprint density at radius 3 is 2.54 bits per heavy atom. The lowest BCUT2D eigenvalue weighted by Gasteiger charge is -2.19. The van der Waals surface area contributed by atoms with E-state index in [-0.39, 0.29) is 0 Å². The van der Waals surface area contributed by atoms with E-state index in [2.05, 4.69) is 29.8 Å². The summed E-state index contributed by atoms with van der Waals surface area (Å²) < 4.78 is 0. The van der Waals surface area contributed by atoms with Gasteiger partial charge >= 0.3 is 0 Å². The van der Waals surface area contributed by atoms with Crippen LogP contribution in [0.1, 0.15) is 5.56 Å². The molecule has 0 radical (unpaired) electrons. The fourth-order valence-electron chi connectivity index (χ4n) is 1.32. The molecule has 1 aromatic rings. The van der Waals surface area contributed by atoms with Crippen molar-refractivity contribution in [3.63, 3.8) is 0 Å². The highest BCUT2D eigenvalue weighted by Gasteiger charge is 2.06. The lowest BCUT2D eigenvalue weighted by molar-refractivity contribution is 0.155. The maximum atomic E-state index is 3.16. The van der Waals surface area contributed by atoms with Crippen LogP contribution in [-0.2, 0) is 6.54 Å². The Kier molecular flexibility index (Phi) is 2.19. The molecule has 0 aliphatic carbocycles. The van der Waals surface area contributed by atoms with Gasteiger partial charge < -0.3 is 0 Å². The molecule has 0 amide bonds. The standard InChI is InChI=1S/C10H13N3/c1-12-7-8-13(11-12)9-10-5-3-2-4-6-10/h2-8,11H,9H2,1H3. The van der Waals surface area contributed by atoms with E-state index in [0.717, 1.165) is 6.54 Å². The quantitative estimate of drug-likeness (QED) is 0.731. The van der Waals surface area contributed by atoms with Crippen LogP contribution in [0, 0.1) is 0 Å². The van der Waals surface area contributed by atoms with E-state index in [0.29, 0.717) is 0 Å². The SMILES string of the molecule is CN1C=CN(Cc2ccccc2)N1. The van der Waals surface area contributed by atoms with Crippen LogP contribution in [0.2, 0.25) is 0 Å². The fourth-order valence-corrected chi connectivity index (χ4v) is 1.32. The van der Waals surface area contributed by atoms with Crippen LogP contribution in [0.15, 0.2) is 42.7 Å². The molecule has 0 bridgehead atoms. The summed E-state index contributed by atoms with van der Waals surface area (Å²) in [6.45, 7) is 0.891. The van der Waals surface area contributed by atoms with Crippen LogP contribution < -0.4 is 5.53 Å². The highest BCUT2D eigenvalue weighted by Crippen LogP contribution is 2.05. The topological polar surface area (TPSA) is 18.5 Å². The molecule has 1 aliphatic rings. The van der Waals surface area contributed by atoms with Crippen molar-refractivity contribution in [3.05, 3.63) is 48.3 Å². The van der Waals surface area contributed by atoms with Crippen molar-refractivity contribution in [1.82, 2.24) is 15.6 Å². The molecule has 0 aromatic heterocycles. The number of hydrogen-bond acceptors (Lipinski definition) is 3. The van der Waals surface area contributed by atoms with Crippen LogP contribution in [0.4, 0.5) is 0 Å². The summed E-state index contributed by atoms with van der Waals surface area (Å²) in [6, 6.07) is 10.4. The van der Waals surface area contributed by atoms with Gasteiger partial charge in [0.1, 0.15) is 0 Å². The molecule has 68 valence electrons. The summed E-state index contributed by atoms with van der Waals surface area (Å²) in [6.07, 6.45) is 4.01. The smallest absolute Gasteiger partial charge is 0.0606 e. The Balaban J connectivity index is 1.96. The third-order valence-electron chi connectivity index (χ3n) is 1.95. The molecule has 0 saturated carbocycles. The van der Waals surface area contributed by atoms with Gasteiger partial charge in [-0.1, -0.05) is 30.3 Å². The monoisotopic (exact) mass is 175 g/mol. The Morgan fingerprint density at radius 2 is 1.92 bits per heavy atom. The summed E-state index contributed by atoms with van der Waals surface area (Å²) in [4.78, 5) is 0. The van der Waals surface area contributed by atoms with E-state index in [4.69, 9.17) is 0 Å². The van der Waals surface area contributed by atoms with Crippen molar-refractivity contribution in [2.45, 2.75) is 6.54 Å². The van der Waals surface area contributed by atoms with Crippen LogP contribution >= 0.6 is 0 Å². The van der Waals surface area contributed by atoms with E-state index >= 15 is 0 Å². The Labute approximate surface area is 78.2 Å². The minimum absolute atomic E-state index is 0.891. The van der Waals surface area contributed by atoms with Crippen molar-refractivity contribution in [2.24, 2.45) is 0 Å². The molecule has 3 nitrogen and oxygen atoms in total. The van der Waals surface area contributed by atoms with Crippen molar-refractivity contribution < 1.29 is 0 Å². The number of rotatable bonds is 2. The van der Waals surface area contributed by atoms with Gasteiger partial charge in [0.25, 0.3) is 0 Å². The molecule has 1 N–H and O–H groups in total. The number of nitrogens with one attached hydrogen (secondary N) is 1. The average molecular weight is 175 g/mol. The molecule has 13 heavy (non-hydrogen) atoms. The van der Waals surface area contributed by atoms with Crippen LogP contribution in [-0.4, -0.2) is 17.1 Å². The maximum Gasteiger partial charge on any atom is 0.0606 e. The van der Waals surface area contributed by atoms with Crippen molar-refractivity contribution in [1.29, 1.82) is 0 Å². The highest BCUT2D eigenvalue weighted by molar-refractivity contribution is 5.14. The molecule has 0 spiro atoms. The second-order valence-electron chi connectivity index (χ2n) is 3.12. The zero-order chi connectivity index (χ0) is 9.10. The second kappa shape index (κ2) is 3.49. The molecule has 2 rings (SSSR count). The minimum atomic E-state index is 0.891. The molecule has 0 saturated heterocycles. The first-order valence-corrected chi connectivity index (χ1v) is 4.32. The van der Waals surface area contributed by atoms with Crippen molar-refractivity contribution in [3.8, 4) is 0 Å². The van der Waals surface area contributed by atoms with Crippen LogP contribution in [0.3, 0.4) is 0 Å². The number of benzene rings is 1. The minimum Gasteiger partial charge on any atom is -0.300 e. The van der Waals surface area contributed by atoms with E-state index in [9.17, 15) is 0 Å². The van der Waals surface area contributed by atoms with E-state index < -0.39 is 0 Å². The molecular formula is C10H13N3. The van der Waals surface area contributed by atoms with Gasteiger partial charge in [0.05, 0.1) is 6.54 Å². The summed E-state index contributed by atoms with van der Waals surface area (Å²) in [7, 11) is 1.97. The summed E-state index contributed by atoms with van der Waals surface area (Å²) >= 11 is 0. The van der Waals surface area contributed by atoms with Gasteiger partial charge in [-0.15, -0.1) is 5.53 Å². The molecule has 1 aromatic carbocycles. The van der Waals surface area contributed by atoms with Gasteiger partial charge in [-0.2, -0.15) is 0 Å². The molecule has 0 fully saturated rings. The van der Waals surface area contributed by atoms with Gasteiger partial charge in [0, 0.05) is 19.4 Å². The van der Waals surface area contributed by atoms with Gasteiger partial charge in [-0.25, -0.2) is 0 Å². The van der Waals surface area contributed by atoms with Crippen molar-refractivity contribution in [2.75, 3.05) is 7.05 Å². The first-order valence-electron chi connectivity index (χ1n) is 4.32. The molecule has 1 aliphatic heterocycles. The molecular weight excluding hydrogens is 162 g/mol. The average Bonchev–Trinajstić information content (AvgIpc) is 2.53. The van der Waals surface area contributed by atoms with Crippen molar-refractivity contribution >= 4 is 0 Å². The van der Waals surface area contributed by atoms with E-state index in [1.807, 2.05) is 35.5 Å². The maximum absolute atomic E-state index is 3.16. The lowest BCUT2D eigenvalue weighted by atomic mass is 10.2. The normalized spacial score (nSPS) is 15.5. The fraction of sp³-hybridized carbons (Fsp3) is 0.200. The van der Waals surface area contributed by atoms with Gasteiger partial charge in [-0.05, 0) is 5.56 Å². The molecule has 0 unspecified atom stereocenters. The van der Waals surface area contributed by atoms with E-state index in [1.165, 1.54) is 5.56 Å². The number of hydrogen-bond donors (Lipinski definition) is 1. The predicted molar refractivity (Wildman–Crippen MR) is 52.0 cm³/mol. The first-order chi connectivity index (χ1) is 6.34. The number of nitrogens with zero attached hydrogens (tertiary/aromatic N) is 2. The Morgan fingerprint density at radius 1 is 1.15 bits per heavy atom. The summed E-state index contributed by atoms with van der Waals surface area (Å²) in [5.41, 5.74) is 4.46. The van der Waals surface area contributed by atoms with Crippen LogP contribution in [0.5, 0.6) is 0 Å². The summed E-state index contributed by atoms with van der Waals surface area (Å²) in [5, 5.41) is 3.96. The second-order valence-corrected chi connectivity index (χ2v) is 3.12. The first kappa shape index (κ1) is 8.13. The molecule has 0 atom stereocenters. The number of hydrazine groups is 2. The third-order valence-corrected chi connectivity index (χ3v) is 1.95. The Hall–Kier alpha value is -1.48. The van der Waals surface area contributed by atoms with Gasteiger partial charge in [0.2, 0.25) is 0 Å². The zero-order valence-corrected chi connectivity index (χ0v) is 7.64. The largest absolute Gasteiger partial charge is 0.300 e. The van der Waals surface area contributed by atoms with Crippen LogP contribution in [0.25, 0.3) is 0 Å². The lowest BCUT2D eigenvalue weighted by Crippen LogP contribution is -2.36. The van der Waals surface area contributed by atoms with Gasteiger partial charge in [0.15, 0.2) is 0 Å². The van der Waals surface area contributed by atoms with Gasteiger partial charge in [-0.3, -0.25) is 10.0 Å². The molecule has 3 heteroatoms. The summed E-state index contributed by atoms with van der Waals surface area (Å²) in [5.74, 6) is 0.